The fourth-order valence-corrected chi connectivity index (χ4v) is 12.1. The van der Waals surface area contributed by atoms with E-state index in [-0.39, 0.29) is 35.5 Å². The zero-order valence-electron chi connectivity index (χ0n) is 28.8. The summed E-state index contributed by atoms with van der Waals surface area (Å²) in [6.07, 6.45) is -0.135. The van der Waals surface area contributed by atoms with Crippen molar-refractivity contribution in [1.82, 2.24) is 0 Å². The second kappa shape index (κ2) is 14.7. The molecule has 0 bridgehead atoms. The number of nitrogens with zero attached hydrogens (tertiary/aromatic N) is 3. The van der Waals surface area contributed by atoms with Gasteiger partial charge in [0.25, 0.3) is 0 Å². The molecule has 0 N–H and O–H groups in total. The molecular formula is C37H49Cl2N3O3Ru-4. The molecule has 0 aliphatic carbocycles. The topological polar surface area (TPSA) is 58.9 Å². The first-order valence-corrected chi connectivity index (χ1v) is 22.5. The summed E-state index contributed by atoms with van der Waals surface area (Å²) in [4.78, 5) is 16.2. The van der Waals surface area contributed by atoms with Crippen LogP contribution in [0.1, 0.15) is 121 Å². The summed E-state index contributed by atoms with van der Waals surface area (Å²) in [6, 6.07) is 17.8. The number of benzene rings is 3. The molecule has 0 aromatic heterocycles. The second-order valence-corrected chi connectivity index (χ2v) is 22.7. The van der Waals surface area contributed by atoms with Crippen molar-refractivity contribution in [3.05, 3.63) is 92.5 Å². The zero-order chi connectivity index (χ0) is 34.1. The normalized spacial score (nSPS) is 14.4. The van der Waals surface area contributed by atoms with Gasteiger partial charge in [0, 0.05) is 0 Å². The van der Waals surface area contributed by atoms with Crippen LogP contribution < -0.4 is 14.5 Å². The molecule has 0 saturated carbocycles. The van der Waals surface area contributed by atoms with Crippen molar-refractivity contribution in [3.63, 3.8) is 0 Å². The van der Waals surface area contributed by atoms with Crippen molar-refractivity contribution < 1.29 is 21.6 Å². The molecule has 1 aliphatic heterocycles. The molecule has 0 unspecified atom stereocenters. The molecule has 46 heavy (non-hydrogen) atoms. The van der Waals surface area contributed by atoms with E-state index in [1.54, 1.807) is 6.07 Å². The van der Waals surface area contributed by atoms with E-state index in [0.717, 1.165) is 15.7 Å². The summed E-state index contributed by atoms with van der Waals surface area (Å²) in [5.41, 5.74) is 7.82. The minimum absolute atomic E-state index is 0.0319. The van der Waals surface area contributed by atoms with Crippen molar-refractivity contribution in [2.45, 2.75) is 99.0 Å². The molecule has 1 heterocycles. The van der Waals surface area contributed by atoms with Crippen molar-refractivity contribution in [2.75, 3.05) is 22.9 Å². The molecule has 3 aromatic rings. The van der Waals surface area contributed by atoms with Crippen LogP contribution in [0.2, 0.25) is 0 Å². The average molecular weight is 756 g/mol. The van der Waals surface area contributed by atoms with E-state index in [2.05, 4.69) is 102 Å². The van der Waals surface area contributed by atoms with Crippen LogP contribution in [-0.2, 0) is 11.9 Å². The number of para-hydroxylation sites is 2. The molecule has 0 atom stereocenters. The Labute approximate surface area is 285 Å². The molecule has 3 aromatic carbocycles. The van der Waals surface area contributed by atoms with Crippen LogP contribution in [0.25, 0.3) is 0 Å². The number of ether oxygens (including phenoxy) is 1. The van der Waals surface area contributed by atoms with E-state index in [4.69, 9.17) is 24.1 Å². The Kier molecular flexibility index (Phi) is 11.6. The number of anilines is 2. The quantitative estimate of drug-likeness (QED) is 0.117. The van der Waals surface area contributed by atoms with Gasteiger partial charge < -0.3 is 0 Å². The maximum absolute atomic E-state index is 11.9. The van der Waals surface area contributed by atoms with Gasteiger partial charge in [0.1, 0.15) is 0 Å². The summed E-state index contributed by atoms with van der Waals surface area (Å²) in [5.74, 6) is 1.62. The molecule has 0 amide bonds. The third-order valence-electron chi connectivity index (χ3n) is 8.22. The van der Waals surface area contributed by atoms with Gasteiger partial charge in [0.05, 0.1) is 0 Å². The fourth-order valence-electron chi connectivity index (χ4n) is 6.10. The van der Waals surface area contributed by atoms with E-state index in [1.165, 1.54) is 34.4 Å². The van der Waals surface area contributed by atoms with Gasteiger partial charge in [-0.2, -0.15) is 0 Å². The SMILES string of the molecule is CC(C)Oc1ccc([N+](=O)[O-])cc1[CH]=[Ru-4]([Cl])([Cl])=[C]1N(c2c(C(C)C)cccc2C(C)C)CCN1c1c(C(C)C)cccc1C(C)C. The Hall–Kier alpha value is -2.60. The second-order valence-electron chi connectivity index (χ2n) is 13.4. The van der Waals surface area contributed by atoms with E-state index in [9.17, 15) is 10.1 Å². The van der Waals surface area contributed by atoms with Crippen molar-refractivity contribution in [3.8, 4) is 5.75 Å². The Balaban J connectivity index is 2.19. The van der Waals surface area contributed by atoms with Crippen LogP contribution in [0.15, 0.2) is 54.6 Å². The molecule has 0 spiro atoms. The zero-order valence-corrected chi connectivity index (χ0v) is 32.0. The van der Waals surface area contributed by atoms with Crippen LogP contribution in [0.3, 0.4) is 0 Å². The average Bonchev–Trinajstić information content (AvgIpc) is 3.42. The van der Waals surface area contributed by atoms with Gasteiger partial charge in [-0.1, -0.05) is 0 Å². The van der Waals surface area contributed by atoms with Crippen molar-refractivity contribution in [2.24, 2.45) is 0 Å². The Morgan fingerprint density at radius 2 is 1.15 bits per heavy atom. The molecule has 256 valence electrons. The van der Waals surface area contributed by atoms with Crippen LogP contribution in [-0.4, -0.2) is 33.1 Å². The molecule has 1 fully saturated rings. The summed E-state index contributed by atoms with van der Waals surface area (Å²) in [6.45, 7) is 23.1. The first-order chi connectivity index (χ1) is 21.5. The predicted octanol–water partition coefficient (Wildman–Crippen LogP) is 10.6. The Bertz CT molecular complexity index is 1590. The van der Waals surface area contributed by atoms with E-state index < -0.39 is 16.8 Å². The Morgan fingerprint density at radius 1 is 0.739 bits per heavy atom. The standard InChI is InChI=1S/C27H38N2.C10H11NO3.2ClH.Ru/c1-18(2)22-11-9-12-23(19(3)4)26(22)28-15-16-29(17-28)27-24(20(5)6)13-10-14-25(27)21(7)8;1-7(2)14-10-5-4-9(11(12)13)6-8(10)3;;;/h9-14,18-21H,15-16H2,1-8H3;3-7H,1-2H3;2*1H;/q;;;;-2/p-2. The minimum atomic E-state index is -4.03. The van der Waals surface area contributed by atoms with Gasteiger partial charge in [-0.05, 0) is 0 Å². The molecule has 4 rings (SSSR count). The molecular weight excluding hydrogens is 706 g/mol. The number of nitro benzene ring substituents is 1. The molecule has 1 aliphatic rings. The number of halogens is 2. The van der Waals surface area contributed by atoms with Gasteiger partial charge in [0.15, 0.2) is 0 Å². The number of hydrogen-bond donors (Lipinski definition) is 0. The third-order valence-corrected chi connectivity index (χ3v) is 13.7. The third kappa shape index (κ3) is 7.58. The van der Waals surface area contributed by atoms with Crippen LogP contribution >= 0.6 is 19.4 Å². The predicted molar refractivity (Wildman–Crippen MR) is 195 cm³/mol. The molecule has 9 heteroatoms. The molecule has 6 nitrogen and oxygen atoms in total. The Morgan fingerprint density at radius 3 is 1.50 bits per heavy atom. The molecule has 0 radical (unpaired) electrons. The van der Waals surface area contributed by atoms with Crippen molar-refractivity contribution in [1.29, 1.82) is 0 Å². The summed E-state index contributed by atoms with van der Waals surface area (Å²) < 4.78 is 8.89. The van der Waals surface area contributed by atoms with Gasteiger partial charge in [-0.15, -0.1) is 0 Å². The van der Waals surface area contributed by atoms with E-state index in [0.29, 0.717) is 24.4 Å². The van der Waals surface area contributed by atoms with Crippen LogP contribution in [0, 0.1) is 10.1 Å². The first kappa shape index (κ1) is 36.2. The monoisotopic (exact) mass is 755 g/mol. The summed E-state index contributed by atoms with van der Waals surface area (Å²) >= 11 is -4.03. The number of hydrogen-bond acceptors (Lipinski definition) is 5. The summed E-state index contributed by atoms with van der Waals surface area (Å²) in [7, 11) is 15.5. The van der Waals surface area contributed by atoms with Crippen LogP contribution in [0.5, 0.6) is 5.75 Å². The maximum atomic E-state index is 11.9. The number of nitro groups is 1. The van der Waals surface area contributed by atoms with E-state index in [1.807, 2.05) is 18.5 Å². The number of non-ortho nitro benzene ring substituents is 1. The van der Waals surface area contributed by atoms with Gasteiger partial charge in [-0.25, -0.2) is 0 Å². The van der Waals surface area contributed by atoms with Gasteiger partial charge in [-0.3, -0.25) is 0 Å². The first-order valence-electron chi connectivity index (χ1n) is 16.1. The number of rotatable bonds is 10. The van der Waals surface area contributed by atoms with E-state index >= 15 is 0 Å². The van der Waals surface area contributed by atoms with Gasteiger partial charge in [0.2, 0.25) is 0 Å². The fraction of sp³-hybridized carbons (Fsp3) is 0.459. The molecule has 1 saturated heterocycles. The van der Waals surface area contributed by atoms with Crippen molar-refractivity contribution >= 4 is 45.4 Å². The van der Waals surface area contributed by atoms with Gasteiger partial charge >= 0.3 is 287 Å². The summed E-state index contributed by atoms with van der Waals surface area (Å²) in [5, 5.41) is 11.9. The van der Waals surface area contributed by atoms with Crippen LogP contribution in [0.4, 0.5) is 17.1 Å².